The summed E-state index contributed by atoms with van der Waals surface area (Å²) in [7, 11) is 1.73. The van der Waals surface area contributed by atoms with Crippen LogP contribution in [0, 0.1) is 11.6 Å². The van der Waals surface area contributed by atoms with E-state index < -0.39 is 11.6 Å². The van der Waals surface area contributed by atoms with Crippen LogP contribution in [-0.2, 0) is 7.05 Å². The first-order chi connectivity index (χ1) is 11.1. The Bertz CT molecular complexity index is 857. The molecule has 0 aliphatic heterocycles. The smallest absolute Gasteiger partial charge is 0.231 e. The second-order valence-electron chi connectivity index (χ2n) is 4.81. The number of hydrogen-bond donors (Lipinski definition) is 3. The van der Waals surface area contributed by atoms with Crippen LogP contribution in [0.5, 0.6) is 0 Å². The zero-order valence-electron chi connectivity index (χ0n) is 12.6. The van der Waals surface area contributed by atoms with Gasteiger partial charge in [0.05, 0.1) is 18.2 Å². The molecule has 0 bridgehead atoms. The largest absolute Gasteiger partial charge is 0.395 e. The number of anilines is 3. The Morgan fingerprint density at radius 1 is 1.21 bits per heavy atom. The van der Waals surface area contributed by atoms with E-state index in [2.05, 4.69) is 25.7 Å². The number of rotatable bonds is 5. The monoisotopic (exact) mass is 356 g/mol. The van der Waals surface area contributed by atoms with Crippen molar-refractivity contribution in [3.63, 3.8) is 0 Å². The highest BCUT2D eigenvalue weighted by molar-refractivity contribution is 5.87. The Hall–Kier alpha value is -2.52. The summed E-state index contributed by atoms with van der Waals surface area (Å²) in [5, 5.41) is 19.5. The quantitative estimate of drug-likeness (QED) is 0.649. The van der Waals surface area contributed by atoms with E-state index in [1.807, 2.05) is 0 Å². The van der Waals surface area contributed by atoms with Gasteiger partial charge in [0, 0.05) is 25.3 Å². The lowest BCUT2D eigenvalue weighted by Gasteiger charge is -2.09. The van der Waals surface area contributed by atoms with E-state index >= 15 is 0 Å². The van der Waals surface area contributed by atoms with Gasteiger partial charge in [0.2, 0.25) is 5.95 Å². The maximum atomic E-state index is 13.3. The number of aliphatic hydroxyl groups is 1. The molecule has 0 saturated heterocycles. The van der Waals surface area contributed by atoms with Crippen molar-refractivity contribution in [1.29, 1.82) is 0 Å². The maximum absolute atomic E-state index is 13.3. The molecule has 7 nitrogen and oxygen atoms in total. The Kier molecular flexibility index (Phi) is 5.47. The summed E-state index contributed by atoms with van der Waals surface area (Å²) in [5.74, 6) is -1.20. The van der Waals surface area contributed by atoms with E-state index in [0.29, 0.717) is 29.1 Å². The van der Waals surface area contributed by atoms with Crippen LogP contribution in [0.25, 0.3) is 11.0 Å². The molecule has 1 aromatic carbocycles. The lowest BCUT2D eigenvalue weighted by atomic mass is 10.3. The van der Waals surface area contributed by atoms with Crippen LogP contribution in [0.1, 0.15) is 0 Å². The van der Waals surface area contributed by atoms with E-state index in [0.717, 1.165) is 12.1 Å². The molecule has 0 aliphatic carbocycles. The van der Waals surface area contributed by atoms with Gasteiger partial charge < -0.3 is 15.7 Å². The molecule has 128 valence electrons. The average Bonchev–Trinajstić information content (AvgIpc) is 2.90. The van der Waals surface area contributed by atoms with Gasteiger partial charge in [0.15, 0.2) is 17.3 Å². The molecule has 2 aromatic heterocycles. The van der Waals surface area contributed by atoms with Crippen molar-refractivity contribution in [1.82, 2.24) is 19.7 Å². The number of benzene rings is 1. The summed E-state index contributed by atoms with van der Waals surface area (Å²) in [6, 6.07) is 3.42. The second kappa shape index (κ2) is 7.37. The fraction of sp³-hybridized carbons (Fsp3) is 0.214. The SMILES string of the molecule is Cl.Cn1ncc2c(NCCO)nc(Nc3ccc(F)c(F)c3)nc21. The molecule has 2 heterocycles. The maximum Gasteiger partial charge on any atom is 0.231 e. The first-order valence-corrected chi connectivity index (χ1v) is 6.85. The van der Waals surface area contributed by atoms with Crippen molar-refractivity contribution in [2.24, 2.45) is 7.05 Å². The normalized spacial score (nSPS) is 10.5. The Balaban J connectivity index is 0.00000208. The van der Waals surface area contributed by atoms with E-state index in [1.165, 1.54) is 6.07 Å². The highest BCUT2D eigenvalue weighted by Crippen LogP contribution is 2.23. The third-order valence-electron chi connectivity index (χ3n) is 3.17. The van der Waals surface area contributed by atoms with Gasteiger partial charge in [-0.05, 0) is 12.1 Å². The Labute approximate surface area is 142 Å². The standard InChI is InChI=1S/C14H14F2N6O.ClH/c1-22-13-9(7-18-22)12(17-4-5-23)20-14(21-13)19-8-2-3-10(15)11(16)6-8;/h2-3,6-7,23H,4-5H2,1H3,(H2,17,19,20,21);1H. The number of hydrogen-bond acceptors (Lipinski definition) is 6. The lowest BCUT2D eigenvalue weighted by Crippen LogP contribution is -2.09. The highest BCUT2D eigenvalue weighted by atomic mass is 35.5. The fourth-order valence-corrected chi connectivity index (χ4v) is 2.09. The minimum absolute atomic E-state index is 0. The number of aliphatic hydroxyl groups excluding tert-OH is 1. The number of nitrogens with zero attached hydrogens (tertiary/aromatic N) is 4. The van der Waals surface area contributed by atoms with Gasteiger partial charge in [-0.1, -0.05) is 0 Å². The summed E-state index contributed by atoms with van der Waals surface area (Å²) >= 11 is 0. The van der Waals surface area contributed by atoms with Crippen LogP contribution >= 0.6 is 12.4 Å². The fourth-order valence-electron chi connectivity index (χ4n) is 2.09. The van der Waals surface area contributed by atoms with Gasteiger partial charge in [0.1, 0.15) is 5.82 Å². The summed E-state index contributed by atoms with van der Waals surface area (Å²) in [6.07, 6.45) is 1.61. The molecule has 3 N–H and O–H groups in total. The molecule has 10 heteroatoms. The van der Waals surface area contributed by atoms with Crippen molar-refractivity contribution in [2.75, 3.05) is 23.8 Å². The third-order valence-corrected chi connectivity index (χ3v) is 3.17. The number of fused-ring (bicyclic) bond motifs is 1. The van der Waals surface area contributed by atoms with Gasteiger partial charge in [-0.3, -0.25) is 4.68 Å². The van der Waals surface area contributed by atoms with E-state index in [-0.39, 0.29) is 25.0 Å². The first kappa shape index (κ1) is 17.8. The average molecular weight is 357 g/mol. The molecular weight excluding hydrogens is 342 g/mol. The number of aryl methyl sites for hydroxylation is 1. The van der Waals surface area contributed by atoms with Crippen molar-refractivity contribution >= 4 is 40.9 Å². The number of aromatic nitrogens is 4. The van der Waals surface area contributed by atoms with Crippen molar-refractivity contribution in [3.8, 4) is 0 Å². The van der Waals surface area contributed by atoms with Gasteiger partial charge >= 0.3 is 0 Å². The molecular formula is C14H15ClF2N6O. The predicted molar refractivity (Wildman–Crippen MR) is 88.8 cm³/mol. The van der Waals surface area contributed by atoms with Crippen molar-refractivity contribution < 1.29 is 13.9 Å². The topological polar surface area (TPSA) is 87.9 Å². The summed E-state index contributed by atoms with van der Waals surface area (Å²) < 4.78 is 27.8. The molecule has 0 unspecified atom stereocenters. The van der Waals surface area contributed by atoms with Crippen LogP contribution in [0.15, 0.2) is 24.4 Å². The second-order valence-corrected chi connectivity index (χ2v) is 4.81. The van der Waals surface area contributed by atoms with Gasteiger partial charge in [-0.2, -0.15) is 15.1 Å². The summed E-state index contributed by atoms with van der Waals surface area (Å²) in [5.41, 5.74) is 0.879. The van der Waals surface area contributed by atoms with Crippen LogP contribution < -0.4 is 10.6 Å². The molecule has 24 heavy (non-hydrogen) atoms. The van der Waals surface area contributed by atoms with Crippen molar-refractivity contribution in [3.05, 3.63) is 36.0 Å². The van der Waals surface area contributed by atoms with E-state index in [4.69, 9.17) is 5.11 Å². The Morgan fingerprint density at radius 2 is 2.00 bits per heavy atom. The van der Waals surface area contributed by atoms with Gasteiger partial charge in [-0.25, -0.2) is 8.78 Å². The molecule has 0 atom stereocenters. The molecule has 0 fully saturated rings. The zero-order valence-corrected chi connectivity index (χ0v) is 13.4. The van der Waals surface area contributed by atoms with E-state index in [1.54, 1.807) is 17.9 Å². The number of nitrogens with one attached hydrogen (secondary N) is 2. The minimum atomic E-state index is -0.963. The molecule has 3 rings (SSSR count). The molecule has 0 saturated carbocycles. The molecule has 0 radical (unpaired) electrons. The summed E-state index contributed by atoms with van der Waals surface area (Å²) in [4.78, 5) is 8.60. The minimum Gasteiger partial charge on any atom is -0.395 e. The molecule has 0 spiro atoms. The first-order valence-electron chi connectivity index (χ1n) is 6.85. The van der Waals surface area contributed by atoms with E-state index in [9.17, 15) is 8.78 Å². The van der Waals surface area contributed by atoms with Crippen LogP contribution in [-0.4, -0.2) is 38.0 Å². The molecule has 0 amide bonds. The predicted octanol–water partition coefficient (Wildman–Crippen LogP) is 2.21. The van der Waals surface area contributed by atoms with Gasteiger partial charge in [-0.15, -0.1) is 12.4 Å². The molecule has 3 aromatic rings. The summed E-state index contributed by atoms with van der Waals surface area (Å²) in [6.45, 7) is 0.253. The lowest BCUT2D eigenvalue weighted by molar-refractivity contribution is 0.311. The highest BCUT2D eigenvalue weighted by Gasteiger charge is 2.12. The zero-order chi connectivity index (χ0) is 16.4. The van der Waals surface area contributed by atoms with Crippen molar-refractivity contribution in [2.45, 2.75) is 0 Å². The van der Waals surface area contributed by atoms with Gasteiger partial charge in [0.25, 0.3) is 0 Å². The number of halogens is 3. The van der Waals surface area contributed by atoms with Crippen LogP contribution in [0.3, 0.4) is 0 Å². The third kappa shape index (κ3) is 3.52. The van der Waals surface area contributed by atoms with Crippen LogP contribution in [0.2, 0.25) is 0 Å². The van der Waals surface area contributed by atoms with Crippen LogP contribution in [0.4, 0.5) is 26.2 Å². The molecule has 0 aliphatic rings. The Morgan fingerprint density at radius 3 is 2.71 bits per heavy atom.